The van der Waals surface area contributed by atoms with Crippen molar-refractivity contribution >= 4 is 0 Å². The van der Waals surface area contributed by atoms with Crippen LogP contribution >= 0.6 is 0 Å². The Kier molecular flexibility index (Phi) is 5.15. The van der Waals surface area contributed by atoms with Gasteiger partial charge in [-0.1, -0.05) is 12.1 Å². The Labute approximate surface area is 119 Å². The van der Waals surface area contributed by atoms with E-state index in [9.17, 15) is 5.11 Å². The van der Waals surface area contributed by atoms with Crippen molar-refractivity contribution in [1.82, 2.24) is 15.1 Å². The van der Waals surface area contributed by atoms with Crippen LogP contribution in [0.1, 0.15) is 17.2 Å². The van der Waals surface area contributed by atoms with Crippen LogP contribution in [0.2, 0.25) is 0 Å². The van der Waals surface area contributed by atoms with E-state index >= 15 is 0 Å². The Hall–Kier alpha value is -1.85. The predicted molar refractivity (Wildman–Crippen MR) is 77.8 cm³/mol. The van der Waals surface area contributed by atoms with E-state index in [1.54, 1.807) is 7.11 Å². The Morgan fingerprint density at radius 3 is 2.70 bits per heavy atom. The molecule has 1 aromatic heterocycles. The van der Waals surface area contributed by atoms with Crippen LogP contribution in [0.4, 0.5) is 0 Å². The van der Waals surface area contributed by atoms with Crippen molar-refractivity contribution in [2.24, 2.45) is 0 Å². The zero-order valence-electron chi connectivity index (χ0n) is 11.9. The first-order valence-electron chi connectivity index (χ1n) is 6.71. The first kappa shape index (κ1) is 14.6. The van der Waals surface area contributed by atoms with Crippen LogP contribution < -0.4 is 10.1 Å². The highest BCUT2D eigenvalue weighted by atomic mass is 16.5. The summed E-state index contributed by atoms with van der Waals surface area (Å²) in [6, 6.07) is 7.46. The van der Waals surface area contributed by atoms with Crippen LogP contribution in [0.3, 0.4) is 0 Å². The highest BCUT2D eigenvalue weighted by Crippen LogP contribution is 2.16. The van der Waals surface area contributed by atoms with Gasteiger partial charge in [0.1, 0.15) is 5.75 Å². The molecular weight excluding hydrogens is 254 g/mol. The molecular formula is C15H21N3O2. The van der Waals surface area contributed by atoms with E-state index in [2.05, 4.69) is 10.4 Å². The van der Waals surface area contributed by atoms with Crippen molar-refractivity contribution in [3.63, 3.8) is 0 Å². The van der Waals surface area contributed by atoms with Gasteiger partial charge in [0, 0.05) is 19.3 Å². The van der Waals surface area contributed by atoms with E-state index in [0.29, 0.717) is 6.54 Å². The van der Waals surface area contributed by atoms with Crippen molar-refractivity contribution in [1.29, 1.82) is 0 Å². The number of aryl methyl sites for hydroxylation is 1. The molecule has 2 aromatic rings. The van der Waals surface area contributed by atoms with Crippen LogP contribution in [0.25, 0.3) is 0 Å². The van der Waals surface area contributed by atoms with Gasteiger partial charge >= 0.3 is 0 Å². The Balaban J connectivity index is 1.72. The van der Waals surface area contributed by atoms with E-state index in [4.69, 9.17) is 4.74 Å². The van der Waals surface area contributed by atoms with E-state index in [1.807, 2.05) is 48.3 Å². The molecule has 2 N–H and O–H groups in total. The average molecular weight is 275 g/mol. The van der Waals surface area contributed by atoms with Gasteiger partial charge in [0.15, 0.2) is 0 Å². The molecule has 0 aliphatic carbocycles. The number of nitrogens with one attached hydrogen (secondary N) is 1. The Morgan fingerprint density at radius 1 is 1.35 bits per heavy atom. The number of rotatable bonds is 7. The minimum absolute atomic E-state index is 0.514. The third-order valence-electron chi connectivity index (χ3n) is 3.12. The standard InChI is InChI=1S/C15H21N3O2/c1-12-9-17-18(11-12)8-7-16-10-15(19)13-3-5-14(20-2)6-4-13/h3-6,9,11,15-16,19H,7-8,10H2,1-2H3. The SMILES string of the molecule is COc1ccc(C(O)CNCCn2cc(C)cn2)cc1. The molecule has 0 radical (unpaired) electrons. The maximum Gasteiger partial charge on any atom is 0.118 e. The maximum atomic E-state index is 10.1. The second kappa shape index (κ2) is 7.07. The van der Waals surface area contributed by atoms with Crippen molar-refractivity contribution in [2.45, 2.75) is 19.6 Å². The molecule has 0 bridgehead atoms. The summed E-state index contributed by atoms with van der Waals surface area (Å²) in [6.45, 7) is 4.11. The fourth-order valence-corrected chi connectivity index (χ4v) is 1.97. The van der Waals surface area contributed by atoms with Crippen LogP contribution in [0, 0.1) is 6.92 Å². The molecule has 1 aromatic carbocycles. The summed E-state index contributed by atoms with van der Waals surface area (Å²) < 4.78 is 6.98. The second-order valence-corrected chi connectivity index (χ2v) is 4.77. The van der Waals surface area contributed by atoms with Gasteiger partial charge in [-0.05, 0) is 30.2 Å². The number of aliphatic hydroxyl groups excluding tert-OH is 1. The highest BCUT2D eigenvalue weighted by Gasteiger charge is 2.06. The number of nitrogens with zero attached hydrogens (tertiary/aromatic N) is 2. The summed E-state index contributed by atoms with van der Waals surface area (Å²) in [4.78, 5) is 0. The molecule has 1 atom stereocenters. The van der Waals surface area contributed by atoms with Crippen molar-refractivity contribution < 1.29 is 9.84 Å². The highest BCUT2D eigenvalue weighted by molar-refractivity contribution is 5.28. The Bertz CT molecular complexity index is 522. The molecule has 0 amide bonds. The van der Waals surface area contributed by atoms with Crippen molar-refractivity contribution in [3.8, 4) is 5.75 Å². The normalized spacial score (nSPS) is 12.3. The summed E-state index contributed by atoms with van der Waals surface area (Å²) in [6.07, 6.45) is 3.33. The lowest BCUT2D eigenvalue weighted by atomic mass is 10.1. The minimum atomic E-state index is -0.514. The lowest BCUT2D eigenvalue weighted by Gasteiger charge is -2.12. The van der Waals surface area contributed by atoms with Gasteiger partial charge in [0.25, 0.3) is 0 Å². The van der Waals surface area contributed by atoms with E-state index in [0.717, 1.165) is 30.0 Å². The number of aromatic nitrogens is 2. The van der Waals surface area contributed by atoms with E-state index in [-0.39, 0.29) is 0 Å². The molecule has 1 heterocycles. The third-order valence-corrected chi connectivity index (χ3v) is 3.12. The second-order valence-electron chi connectivity index (χ2n) is 4.77. The molecule has 0 aliphatic heterocycles. The fourth-order valence-electron chi connectivity index (χ4n) is 1.97. The number of benzene rings is 1. The molecule has 0 saturated heterocycles. The summed E-state index contributed by atoms with van der Waals surface area (Å²) in [5, 5.41) is 17.5. The lowest BCUT2D eigenvalue weighted by molar-refractivity contribution is 0.174. The van der Waals surface area contributed by atoms with Gasteiger partial charge in [-0.15, -0.1) is 0 Å². The molecule has 2 rings (SSSR count). The van der Waals surface area contributed by atoms with Gasteiger partial charge in [0.2, 0.25) is 0 Å². The number of aliphatic hydroxyl groups is 1. The molecule has 5 nitrogen and oxygen atoms in total. The maximum absolute atomic E-state index is 10.1. The molecule has 5 heteroatoms. The lowest BCUT2D eigenvalue weighted by Crippen LogP contribution is -2.25. The molecule has 0 spiro atoms. The van der Waals surface area contributed by atoms with Crippen molar-refractivity contribution in [3.05, 3.63) is 47.8 Å². The van der Waals surface area contributed by atoms with E-state index < -0.39 is 6.10 Å². The zero-order valence-corrected chi connectivity index (χ0v) is 11.9. The Morgan fingerprint density at radius 2 is 2.10 bits per heavy atom. The van der Waals surface area contributed by atoms with Gasteiger partial charge in [-0.2, -0.15) is 5.10 Å². The van der Waals surface area contributed by atoms with E-state index in [1.165, 1.54) is 0 Å². The number of hydrogen-bond donors (Lipinski definition) is 2. The molecule has 0 fully saturated rings. The van der Waals surface area contributed by atoms with Gasteiger partial charge in [-0.3, -0.25) is 4.68 Å². The van der Waals surface area contributed by atoms with Crippen LogP contribution in [0.5, 0.6) is 5.75 Å². The molecule has 1 unspecified atom stereocenters. The van der Waals surface area contributed by atoms with Crippen molar-refractivity contribution in [2.75, 3.05) is 20.2 Å². The van der Waals surface area contributed by atoms with Crippen LogP contribution in [0.15, 0.2) is 36.7 Å². The molecule has 0 aliphatic rings. The molecule has 0 saturated carbocycles. The largest absolute Gasteiger partial charge is 0.497 e. The molecule has 20 heavy (non-hydrogen) atoms. The predicted octanol–water partition coefficient (Wildman–Crippen LogP) is 1.52. The quantitative estimate of drug-likeness (QED) is 0.752. The summed E-state index contributed by atoms with van der Waals surface area (Å²) in [5.74, 6) is 0.794. The topological polar surface area (TPSA) is 59.3 Å². The smallest absolute Gasteiger partial charge is 0.118 e. The monoisotopic (exact) mass is 275 g/mol. The van der Waals surface area contributed by atoms with Crippen LogP contribution in [-0.2, 0) is 6.54 Å². The number of methoxy groups -OCH3 is 1. The summed E-state index contributed by atoms with van der Waals surface area (Å²) in [7, 11) is 1.63. The van der Waals surface area contributed by atoms with Gasteiger partial charge in [-0.25, -0.2) is 0 Å². The summed E-state index contributed by atoms with van der Waals surface area (Å²) in [5.41, 5.74) is 2.04. The first-order valence-corrected chi connectivity index (χ1v) is 6.71. The first-order chi connectivity index (χ1) is 9.69. The fraction of sp³-hybridized carbons (Fsp3) is 0.400. The number of hydrogen-bond acceptors (Lipinski definition) is 4. The third kappa shape index (κ3) is 4.08. The van der Waals surface area contributed by atoms with Gasteiger partial charge in [0.05, 0.1) is 26.0 Å². The summed E-state index contributed by atoms with van der Waals surface area (Å²) >= 11 is 0. The number of ether oxygens (including phenoxy) is 1. The van der Waals surface area contributed by atoms with Crippen LogP contribution in [-0.4, -0.2) is 35.1 Å². The average Bonchev–Trinajstić information content (AvgIpc) is 2.89. The zero-order chi connectivity index (χ0) is 14.4. The minimum Gasteiger partial charge on any atom is -0.497 e. The van der Waals surface area contributed by atoms with Gasteiger partial charge < -0.3 is 15.2 Å². The molecule has 108 valence electrons.